The van der Waals surface area contributed by atoms with Gasteiger partial charge in [-0.2, -0.15) is 0 Å². The van der Waals surface area contributed by atoms with Crippen LogP contribution in [0.2, 0.25) is 0 Å². The normalized spacial score (nSPS) is 10.6. The molecule has 1 aromatic rings. The fraction of sp³-hybridized carbons (Fsp3) is 0.455. The molecule has 0 bridgehead atoms. The first kappa shape index (κ1) is 10.0. The van der Waals surface area contributed by atoms with E-state index in [0.717, 1.165) is 11.3 Å². The van der Waals surface area contributed by atoms with Crippen LogP contribution in [0.3, 0.4) is 0 Å². The van der Waals surface area contributed by atoms with Gasteiger partial charge in [0.15, 0.2) is 0 Å². The van der Waals surface area contributed by atoms with Crippen molar-refractivity contribution in [1.29, 1.82) is 0 Å². The topological polar surface area (TPSA) is 3.24 Å². The van der Waals surface area contributed by atoms with Crippen LogP contribution in [0.4, 0.5) is 10.1 Å². The SMILES string of the molecule is CC(C)c1c(F)cccc1N(C)C. The van der Waals surface area contributed by atoms with Gasteiger partial charge in [-0.1, -0.05) is 19.9 Å². The van der Waals surface area contributed by atoms with E-state index >= 15 is 0 Å². The minimum Gasteiger partial charge on any atom is -0.377 e. The van der Waals surface area contributed by atoms with Crippen LogP contribution >= 0.6 is 0 Å². The molecule has 0 aromatic heterocycles. The maximum Gasteiger partial charge on any atom is 0.128 e. The molecule has 1 rings (SSSR count). The zero-order valence-corrected chi connectivity index (χ0v) is 8.63. The third-order valence-corrected chi connectivity index (χ3v) is 2.09. The Balaban J connectivity index is 3.26. The summed E-state index contributed by atoms with van der Waals surface area (Å²) in [5.74, 6) is 0.111. The van der Waals surface area contributed by atoms with Gasteiger partial charge in [-0.25, -0.2) is 4.39 Å². The fourth-order valence-corrected chi connectivity index (χ4v) is 1.49. The highest BCUT2D eigenvalue weighted by Gasteiger charge is 2.12. The first-order chi connectivity index (χ1) is 6.04. The van der Waals surface area contributed by atoms with Crippen molar-refractivity contribution in [3.05, 3.63) is 29.6 Å². The highest BCUT2D eigenvalue weighted by molar-refractivity contribution is 5.54. The Bertz CT molecular complexity index is 292. The van der Waals surface area contributed by atoms with E-state index < -0.39 is 0 Å². The average Bonchev–Trinajstić information content (AvgIpc) is 2.02. The first-order valence-electron chi connectivity index (χ1n) is 4.49. The summed E-state index contributed by atoms with van der Waals surface area (Å²) in [6.07, 6.45) is 0. The van der Waals surface area contributed by atoms with Gasteiger partial charge < -0.3 is 4.90 Å². The predicted octanol–water partition coefficient (Wildman–Crippen LogP) is 3.02. The van der Waals surface area contributed by atoms with Crippen molar-refractivity contribution in [2.45, 2.75) is 19.8 Å². The molecule has 0 unspecified atom stereocenters. The minimum atomic E-state index is -0.110. The Hall–Kier alpha value is -1.05. The van der Waals surface area contributed by atoms with Gasteiger partial charge in [-0.3, -0.25) is 0 Å². The van der Waals surface area contributed by atoms with Gasteiger partial charge in [0.05, 0.1) is 0 Å². The number of hydrogen-bond donors (Lipinski definition) is 0. The second kappa shape index (κ2) is 3.77. The van der Waals surface area contributed by atoms with Crippen LogP contribution in [0.5, 0.6) is 0 Å². The summed E-state index contributed by atoms with van der Waals surface area (Å²) in [7, 11) is 3.86. The van der Waals surface area contributed by atoms with Crippen molar-refractivity contribution in [1.82, 2.24) is 0 Å². The summed E-state index contributed by atoms with van der Waals surface area (Å²) in [4.78, 5) is 1.94. The van der Waals surface area contributed by atoms with Crippen LogP contribution in [-0.2, 0) is 0 Å². The number of benzene rings is 1. The van der Waals surface area contributed by atoms with E-state index in [0.29, 0.717) is 0 Å². The van der Waals surface area contributed by atoms with E-state index in [2.05, 4.69) is 0 Å². The van der Waals surface area contributed by atoms with Crippen LogP contribution in [0.25, 0.3) is 0 Å². The molecule has 72 valence electrons. The fourth-order valence-electron chi connectivity index (χ4n) is 1.49. The first-order valence-corrected chi connectivity index (χ1v) is 4.49. The smallest absolute Gasteiger partial charge is 0.128 e. The molecule has 0 amide bonds. The largest absolute Gasteiger partial charge is 0.377 e. The van der Waals surface area contributed by atoms with Gasteiger partial charge in [0.2, 0.25) is 0 Å². The summed E-state index contributed by atoms with van der Waals surface area (Å²) in [5, 5.41) is 0. The molecule has 0 radical (unpaired) electrons. The van der Waals surface area contributed by atoms with Crippen molar-refractivity contribution in [3.8, 4) is 0 Å². The molecule has 0 aliphatic heterocycles. The third kappa shape index (κ3) is 2.00. The van der Waals surface area contributed by atoms with Crippen molar-refractivity contribution < 1.29 is 4.39 Å². The van der Waals surface area contributed by atoms with E-state index in [1.165, 1.54) is 6.07 Å². The van der Waals surface area contributed by atoms with Crippen LogP contribution in [0.1, 0.15) is 25.3 Å². The lowest BCUT2D eigenvalue weighted by atomic mass is 10.00. The number of rotatable bonds is 2. The van der Waals surface area contributed by atoms with E-state index in [1.54, 1.807) is 6.07 Å². The van der Waals surface area contributed by atoms with Crippen LogP contribution in [0.15, 0.2) is 18.2 Å². The second-order valence-corrected chi connectivity index (χ2v) is 3.72. The highest BCUT2D eigenvalue weighted by atomic mass is 19.1. The van der Waals surface area contributed by atoms with E-state index in [-0.39, 0.29) is 11.7 Å². The second-order valence-electron chi connectivity index (χ2n) is 3.72. The molecule has 13 heavy (non-hydrogen) atoms. The lowest BCUT2D eigenvalue weighted by Gasteiger charge is -2.19. The molecule has 0 heterocycles. The van der Waals surface area contributed by atoms with Gasteiger partial charge in [-0.15, -0.1) is 0 Å². The summed E-state index contributed by atoms with van der Waals surface area (Å²) in [5.41, 5.74) is 1.77. The number of halogens is 1. The quantitative estimate of drug-likeness (QED) is 0.678. The molecule has 0 aliphatic rings. The minimum absolute atomic E-state index is 0.110. The zero-order chi connectivity index (χ0) is 10.0. The molecule has 0 N–H and O–H groups in total. The molecule has 2 heteroatoms. The lowest BCUT2D eigenvalue weighted by molar-refractivity contribution is 0.598. The summed E-state index contributed by atoms with van der Waals surface area (Å²) < 4.78 is 13.4. The summed E-state index contributed by atoms with van der Waals surface area (Å²) >= 11 is 0. The molecule has 0 spiro atoms. The molecule has 0 atom stereocenters. The van der Waals surface area contributed by atoms with Crippen LogP contribution in [0, 0.1) is 5.82 Å². The Kier molecular flexibility index (Phi) is 2.91. The lowest BCUT2D eigenvalue weighted by Crippen LogP contribution is -2.12. The summed E-state index contributed by atoms with van der Waals surface area (Å²) in [6.45, 7) is 4.01. The van der Waals surface area contributed by atoms with E-state index in [4.69, 9.17) is 0 Å². The van der Waals surface area contributed by atoms with Gasteiger partial charge in [-0.05, 0) is 18.1 Å². The maximum absolute atomic E-state index is 13.4. The van der Waals surface area contributed by atoms with Crippen molar-refractivity contribution in [2.75, 3.05) is 19.0 Å². The Morgan fingerprint density at radius 2 is 1.85 bits per heavy atom. The Morgan fingerprint density at radius 1 is 1.23 bits per heavy atom. The number of hydrogen-bond acceptors (Lipinski definition) is 1. The summed E-state index contributed by atoms with van der Waals surface area (Å²) in [6, 6.07) is 5.21. The van der Waals surface area contributed by atoms with Gasteiger partial charge >= 0.3 is 0 Å². The molecule has 0 aliphatic carbocycles. The van der Waals surface area contributed by atoms with Crippen molar-refractivity contribution in [3.63, 3.8) is 0 Å². The Labute approximate surface area is 79.2 Å². The standard InChI is InChI=1S/C11H16FN/c1-8(2)11-9(12)6-5-7-10(11)13(3)4/h5-8H,1-4H3. The molecule has 1 aromatic carbocycles. The molecule has 0 saturated heterocycles. The van der Waals surface area contributed by atoms with Gasteiger partial charge in [0, 0.05) is 25.3 Å². The molecule has 0 fully saturated rings. The predicted molar refractivity (Wildman–Crippen MR) is 54.8 cm³/mol. The average molecular weight is 181 g/mol. The number of anilines is 1. The highest BCUT2D eigenvalue weighted by Crippen LogP contribution is 2.28. The third-order valence-electron chi connectivity index (χ3n) is 2.09. The molecule has 1 nitrogen and oxygen atoms in total. The van der Waals surface area contributed by atoms with E-state index in [9.17, 15) is 4.39 Å². The monoisotopic (exact) mass is 181 g/mol. The van der Waals surface area contributed by atoms with Crippen LogP contribution < -0.4 is 4.90 Å². The van der Waals surface area contributed by atoms with Gasteiger partial charge in [0.1, 0.15) is 5.82 Å². The Morgan fingerprint density at radius 3 is 2.23 bits per heavy atom. The molecular formula is C11H16FN. The zero-order valence-electron chi connectivity index (χ0n) is 8.63. The molecular weight excluding hydrogens is 165 g/mol. The van der Waals surface area contributed by atoms with Crippen molar-refractivity contribution >= 4 is 5.69 Å². The molecule has 0 saturated carbocycles. The maximum atomic E-state index is 13.4. The van der Waals surface area contributed by atoms with Crippen molar-refractivity contribution in [2.24, 2.45) is 0 Å². The number of nitrogens with zero attached hydrogens (tertiary/aromatic N) is 1. The van der Waals surface area contributed by atoms with Crippen LogP contribution in [-0.4, -0.2) is 14.1 Å². The van der Waals surface area contributed by atoms with E-state index in [1.807, 2.05) is 38.9 Å². The van der Waals surface area contributed by atoms with Gasteiger partial charge in [0.25, 0.3) is 0 Å².